The van der Waals surface area contributed by atoms with Crippen LogP contribution < -0.4 is 10.3 Å². The molecule has 3 rings (SSSR count). The molecule has 0 saturated heterocycles. The summed E-state index contributed by atoms with van der Waals surface area (Å²) in [4.78, 5) is 57.3. The zero-order chi connectivity index (χ0) is 24.7. The van der Waals surface area contributed by atoms with Gasteiger partial charge in [-0.3, -0.25) is 9.59 Å². The van der Waals surface area contributed by atoms with Crippen LogP contribution in [-0.2, 0) is 26.3 Å². The molecule has 0 spiro atoms. The highest BCUT2D eigenvalue weighted by atomic mass is 16.6. The molecule has 34 heavy (non-hydrogen) atoms. The molecule has 0 atom stereocenters. The SMILES string of the molecule is CCOC(=O)c1nc(C(C)(C)C(=O)OCc2ccccc2)[nH]c(=O)c1OC(=O)c1ccccc1. The van der Waals surface area contributed by atoms with Crippen molar-refractivity contribution >= 4 is 17.9 Å². The summed E-state index contributed by atoms with van der Waals surface area (Å²) in [5.74, 6) is -3.27. The Morgan fingerprint density at radius 2 is 1.53 bits per heavy atom. The van der Waals surface area contributed by atoms with E-state index in [1.54, 1.807) is 37.3 Å². The molecule has 0 saturated carbocycles. The monoisotopic (exact) mass is 464 g/mol. The second-order valence-electron chi connectivity index (χ2n) is 7.76. The summed E-state index contributed by atoms with van der Waals surface area (Å²) < 4.78 is 15.6. The van der Waals surface area contributed by atoms with Crippen LogP contribution in [0.3, 0.4) is 0 Å². The molecule has 3 aromatic rings. The molecule has 0 aliphatic carbocycles. The summed E-state index contributed by atoms with van der Waals surface area (Å²) in [7, 11) is 0. The van der Waals surface area contributed by atoms with E-state index in [9.17, 15) is 19.2 Å². The standard InChI is InChI=1S/C25H24N2O7/c1-4-32-22(30)18-19(34-21(29)17-13-9-6-10-14-17)20(28)27-23(26-18)25(2,3)24(31)33-15-16-11-7-5-8-12-16/h5-14H,4,15H2,1-3H3,(H,26,27,28). The minimum Gasteiger partial charge on any atom is -0.461 e. The summed E-state index contributed by atoms with van der Waals surface area (Å²) in [6.45, 7) is 4.57. The Balaban J connectivity index is 1.93. The highest BCUT2D eigenvalue weighted by Gasteiger charge is 2.37. The van der Waals surface area contributed by atoms with Gasteiger partial charge in [0, 0.05) is 0 Å². The molecule has 0 bridgehead atoms. The molecule has 9 nitrogen and oxygen atoms in total. The van der Waals surface area contributed by atoms with Gasteiger partial charge in [0.05, 0.1) is 12.2 Å². The molecule has 1 N–H and O–H groups in total. The Hall–Kier alpha value is -4.27. The second-order valence-corrected chi connectivity index (χ2v) is 7.76. The number of carbonyl (C=O) groups excluding carboxylic acids is 3. The molecule has 0 aliphatic heterocycles. The van der Waals surface area contributed by atoms with E-state index in [-0.39, 0.29) is 24.6 Å². The van der Waals surface area contributed by atoms with Crippen LogP contribution in [0.25, 0.3) is 0 Å². The van der Waals surface area contributed by atoms with Crippen molar-refractivity contribution in [2.24, 2.45) is 0 Å². The third-order valence-corrected chi connectivity index (χ3v) is 4.86. The number of carbonyl (C=O) groups is 3. The van der Waals surface area contributed by atoms with Crippen LogP contribution >= 0.6 is 0 Å². The van der Waals surface area contributed by atoms with E-state index < -0.39 is 40.3 Å². The predicted octanol–water partition coefficient (Wildman–Crippen LogP) is 3.19. The largest absolute Gasteiger partial charge is 0.461 e. The number of hydrogen-bond donors (Lipinski definition) is 1. The number of nitrogens with zero attached hydrogens (tertiary/aromatic N) is 1. The van der Waals surface area contributed by atoms with Gasteiger partial charge in [-0.2, -0.15) is 0 Å². The average Bonchev–Trinajstić information content (AvgIpc) is 2.84. The smallest absolute Gasteiger partial charge is 0.361 e. The van der Waals surface area contributed by atoms with Gasteiger partial charge in [-0.25, -0.2) is 14.6 Å². The van der Waals surface area contributed by atoms with Gasteiger partial charge in [0.1, 0.15) is 17.8 Å². The number of rotatable bonds is 8. The molecular weight excluding hydrogens is 440 g/mol. The van der Waals surface area contributed by atoms with Crippen LogP contribution in [0.15, 0.2) is 65.5 Å². The number of aromatic nitrogens is 2. The molecule has 2 aromatic carbocycles. The van der Waals surface area contributed by atoms with Gasteiger partial charge >= 0.3 is 17.9 Å². The maximum Gasteiger partial charge on any atom is 0.361 e. The van der Waals surface area contributed by atoms with Gasteiger partial charge in [0.25, 0.3) is 5.56 Å². The number of benzene rings is 2. The lowest BCUT2D eigenvalue weighted by Crippen LogP contribution is -2.36. The van der Waals surface area contributed by atoms with Crippen molar-refractivity contribution < 1.29 is 28.6 Å². The highest BCUT2D eigenvalue weighted by molar-refractivity contribution is 5.95. The van der Waals surface area contributed by atoms with Gasteiger partial charge in [-0.15, -0.1) is 0 Å². The fourth-order valence-electron chi connectivity index (χ4n) is 2.92. The van der Waals surface area contributed by atoms with Crippen molar-refractivity contribution in [1.82, 2.24) is 9.97 Å². The van der Waals surface area contributed by atoms with E-state index >= 15 is 0 Å². The van der Waals surface area contributed by atoms with Crippen LogP contribution in [-0.4, -0.2) is 34.5 Å². The summed E-state index contributed by atoms with van der Waals surface area (Å²) in [6.07, 6.45) is 0. The van der Waals surface area contributed by atoms with Crippen molar-refractivity contribution in [3.05, 3.63) is 93.7 Å². The molecular formula is C25H24N2O7. The number of H-pyrrole nitrogens is 1. The quantitative estimate of drug-likeness (QED) is 0.504. The van der Waals surface area contributed by atoms with Crippen molar-refractivity contribution in [3.8, 4) is 5.75 Å². The van der Waals surface area contributed by atoms with Crippen LogP contribution in [0.4, 0.5) is 0 Å². The predicted molar refractivity (Wildman–Crippen MR) is 121 cm³/mol. The van der Waals surface area contributed by atoms with E-state index in [0.29, 0.717) is 0 Å². The minimum atomic E-state index is -1.43. The molecule has 0 unspecified atom stereocenters. The Morgan fingerprint density at radius 1 is 0.912 bits per heavy atom. The number of ether oxygens (including phenoxy) is 3. The first-order chi connectivity index (χ1) is 16.2. The lowest BCUT2D eigenvalue weighted by atomic mass is 9.92. The molecule has 0 fully saturated rings. The summed E-state index contributed by atoms with van der Waals surface area (Å²) in [5.41, 5.74) is -1.92. The van der Waals surface area contributed by atoms with Crippen molar-refractivity contribution in [1.29, 1.82) is 0 Å². The maximum atomic E-state index is 12.9. The maximum absolute atomic E-state index is 12.9. The number of nitrogens with one attached hydrogen (secondary N) is 1. The van der Waals surface area contributed by atoms with Gasteiger partial charge in [0.15, 0.2) is 5.69 Å². The molecule has 0 radical (unpaired) electrons. The molecule has 0 aliphatic rings. The Kier molecular flexibility index (Phi) is 7.57. The average molecular weight is 464 g/mol. The van der Waals surface area contributed by atoms with E-state index in [2.05, 4.69) is 9.97 Å². The molecule has 0 amide bonds. The Bertz CT molecular complexity index is 1240. The van der Waals surface area contributed by atoms with Crippen LogP contribution in [0.5, 0.6) is 5.75 Å². The molecule has 1 heterocycles. The summed E-state index contributed by atoms with van der Waals surface area (Å²) in [6, 6.07) is 17.0. The Morgan fingerprint density at radius 3 is 2.15 bits per heavy atom. The summed E-state index contributed by atoms with van der Waals surface area (Å²) >= 11 is 0. The summed E-state index contributed by atoms with van der Waals surface area (Å²) in [5, 5.41) is 0. The molecule has 9 heteroatoms. The van der Waals surface area contributed by atoms with Gasteiger partial charge in [0.2, 0.25) is 5.75 Å². The third kappa shape index (κ3) is 5.55. The van der Waals surface area contributed by atoms with E-state index in [4.69, 9.17) is 14.2 Å². The third-order valence-electron chi connectivity index (χ3n) is 4.86. The number of hydrogen-bond acceptors (Lipinski definition) is 8. The first-order valence-corrected chi connectivity index (χ1v) is 10.5. The zero-order valence-electron chi connectivity index (χ0n) is 19.0. The van der Waals surface area contributed by atoms with Crippen molar-refractivity contribution in [2.75, 3.05) is 6.61 Å². The van der Waals surface area contributed by atoms with Gasteiger partial charge in [-0.1, -0.05) is 48.5 Å². The van der Waals surface area contributed by atoms with Crippen molar-refractivity contribution in [3.63, 3.8) is 0 Å². The molecule has 176 valence electrons. The lowest BCUT2D eigenvalue weighted by molar-refractivity contribution is -0.151. The first-order valence-electron chi connectivity index (χ1n) is 10.5. The van der Waals surface area contributed by atoms with E-state index in [0.717, 1.165) is 5.56 Å². The highest BCUT2D eigenvalue weighted by Crippen LogP contribution is 2.24. The number of esters is 3. The Labute approximate surface area is 195 Å². The van der Waals surface area contributed by atoms with Gasteiger partial charge in [-0.05, 0) is 38.5 Å². The normalized spacial score (nSPS) is 10.9. The van der Waals surface area contributed by atoms with Crippen LogP contribution in [0.2, 0.25) is 0 Å². The first kappa shape index (κ1) is 24.4. The van der Waals surface area contributed by atoms with Crippen molar-refractivity contribution in [2.45, 2.75) is 32.8 Å². The molecule has 1 aromatic heterocycles. The zero-order valence-corrected chi connectivity index (χ0v) is 19.0. The van der Waals surface area contributed by atoms with E-state index in [1.807, 2.05) is 18.2 Å². The minimum absolute atomic E-state index is 0.00275. The lowest BCUT2D eigenvalue weighted by Gasteiger charge is -2.22. The van der Waals surface area contributed by atoms with Crippen LogP contribution in [0.1, 0.15) is 53.0 Å². The fraction of sp³-hybridized carbons (Fsp3) is 0.240. The fourth-order valence-corrected chi connectivity index (χ4v) is 2.92. The van der Waals surface area contributed by atoms with Gasteiger partial charge < -0.3 is 19.2 Å². The van der Waals surface area contributed by atoms with Crippen LogP contribution in [0, 0.1) is 0 Å². The van der Waals surface area contributed by atoms with E-state index in [1.165, 1.54) is 26.0 Å². The number of aromatic amines is 1. The topological polar surface area (TPSA) is 125 Å². The second kappa shape index (κ2) is 10.6.